The van der Waals surface area contributed by atoms with Crippen LogP contribution in [0, 0.1) is 18.7 Å². The molecule has 2 fully saturated rings. The molecular weight excluding hydrogens is 403 g/mol. The number of nitrogens with zero attached hydrogens (tertiary/aromatic N) is 1. The van der Waals surface area contributed by atoms with Crippen molar-refractivity contribution in [2.75, 3.05) is 5.32 Å². The minimum Gasteiger partial charge on any atom is -0.328 e. The van der Waals surface area contributed by atoms with Gasteiger partial charge >= 0.3 is 6.03 Å². The number of halogens is 1. The predicted octanol–water partition coefficient (Wildman–Crippen LogP) is 3.30. The third kappa shape index (κ3) is 4.50. The lowest BCUT2D eigenvalue weighted by atomic mass is 10.2. The van der Waals surface area contributed by atoms with Crippen molar-refractivity contribution in [3.63, 3.8) is 0 Å². The third-order valence-corrected chi connectivity index (χ3v) is 7.24. The van der Waals surface area contributed by atoms with Gasteiger partial charge in [-0.25, -0.2) is 27.3 Å². The molecule has 10 heteroatoms. The van der Waals surface area contributed by atoms with Gasteiger partial charge in [-0.15, -0.1) is 11.3 Å². The van der Waals surface area contributed by atoms with Gasteiger partial charge in [-0.1, -0.05) is 0 Å². The van der Waals surface area contributed by atoms with Crippen LogP contribution in [-0.4, -0.2) is 25.5 Å². The van der Waals surface area contributed by atoms with E-state index in [2.05, 4.69) is 20.3 Å². The fourth-order valence-corrected chi connectivity index (χ4v) is 5.25. The number of hydrogen-bond acceptors (Lipinski definition) is 5. The number of carbonyl (C=O) groups is 1. The Morgan fingerprint density at radius 2 is 2.04 bits per heavy atom. The van der Waals surface area contributed by atoms with E-state index in [9.17, 15) is 17.6 Å². The van der Waals surface area contributed by atoms with E-state index in [1.165, 1.54) is 17.4 Å². The van der Waals surface area contributed by atoms with Crippen molar-refractivity contribution in [1.82, 2.24) is 15.0 Å². The Hall–Kier alpha value is -2.04. The number of amides is 2. The van der Waals surface area contributed by atoms with Crippen LogP contribution in [0.5, 0.6) is 0 Å². The lowest BCUT2D eigenvalue weighted by Gasteiger charge is -2.17. The summed E-state index contributed by atoms with van der Waals surface area (Å²) < 4.78 is 41.1. The second kappa shape index (κ2) is 7.41. The van der Waals surface area contributed by atoms with Crippen molar-refractivity contribution < 1.29 is 17.6 Å². The number of sulfonamides is 1. The molecule has 1 heterocycles. The van der Waals surface area contributed by atoms with Crippen LogP contribution >= 0.6 is 11.3 Å². The molecule has 3 N–H and O–H groups in total. The standard InChI is InChI=1S/C18H21FN4O3S2/c1-10-9-27-17(20-10)16(11-2-3-11)22-18(24)21-13-6-7-14(19)15(8-13)28(25,26)23-12-4-5-12/h6-9,11-12,16,23H,2-5H2,1H3,(H2,21,22,24)/t16-/m1/s1. The van der Waals surface area contributed by atoms with Gasteiger partial charge in [0.15, 0.2) is 0 Å². The zero-order valence-corrected chi connectivity index (χ0v) is 16.9. The van der Waals surface area contributed by atoms with Crippen molar-refractivity contribution in [2.45, 2.75) is 49.6 Å². The van der Waals surface area contributed by atoms with Gasteiger partial charge in [0.25, 0.3) is 0 Å². The lowest BCUT2D eigenvalue weighted by Crippen LogP contribution is -2.33. The summed E-state index contributed by atoms with van der Waals surface area (Å²) >= 11 is 1.50. The van der Waals surface area contributed by atoms with Crippen molar-refractivity contribution in [3.05, 3.63) is 40.1 Å². The highest BCUT2D eigenvalue weighted by Crippen LogP contribution is 2.41. The number of thiazole rings is 1. The monoisotopic (exact) mass is 424 g/mol. The molecule has 2 amide bonds. The molecule has 0 saturated heterocycles. The van der Waals surface area contributed by atoms with Crippen LogP contribution in [0.2, 0.25) is 0 Å². The minimum atomic E-state index is -3.96. The van der Waals surface area contributed by atoms with Crippen molar-refractivity contribution in [1.29, 1.82) is 0 Å². The highest BCUT2D eigenvalue weighted by Gasteiger charge is 2.35. The Balaban J connectivity index is 1.47. The second-order valence-corrected chi connectivity index (χ2v) is 9.85. The molecule has 2 aliphatic carbocycles. The van der Waals surface area contributed by atoms with Gasteiger partial charge in [-0.3, -0.25) is 0 Å². The van der Waals surface area contributed by atoms with Crippen molar-refractivity contribution in [2.24, 2.45) is 5.92 Å². The lowest BCUT2D eigenvalue weighted by molar-refractivity contribution is 0.247. The molecule has 7 nitrogen and oxygen atoms in total. The summed E-state index contributed by atoms with van der Waals surface area (Å²) in [5.74, 6) is -0.503. The van der Waals surface area contributed by atoms with Gasteiger partial charge < -0.3 is 10.6 Å². The number of nitrogens with one attached hydrogen (secondary N) is 3. The maximum absolute atomic E-state index is 14.1. The maximum atomic E-state index is 14.1. The molecule has 1 aromatic carbocycles. The molecule has 0 unspecified atom stereocenters. The minimum absolute atomic E-state index is 0.134. The largest absolute Gasteiger partial charge is 0.328 e. The highest BCUT2D eigenvalue weighted by molar-refractivity contribution is 7.89. The van der Waals surface area contributed by atoms with E-state index in [0.29, 0.717) is 5.92 Å². The Morgan fingerprint density at radius 3 is 2.64 bits per heavy atom. The van der Waals surface area contributed by atoms with Crippen molar-refractivity contribution in [3.8, 4) is 0 Å². The van der Waals surface area contributed by atoms with E-state index in [-0.39, 0.29) is 17.8 Å². The molecule has 0 bridgehead atoms. The smallest absolute Gasteiger partial charge is 0.319 e. The van der Waals surface area contributed by atoms with Gasteiger partial charge in [-0.2, -0.15) is 0 Å². The summed E-state index contributed by atoms with van der Waals surface area (Å²) in [5, 5.41) is 8.31. The Bertz CT molecular complexity index is 1000. The van der Waals surface area contributed by atoms with E-state index in [4.69, 9.17) is 0 Å². The number of benzene rings is 1. The molecule has 2 saturated carbocycles. The van der Waals surface area contributed by atoms with Gasteiger partial charge in [0, 0.05) is 22.8 Å². The summed E-state index contributed by atoms with van der Waals surface area (Å²) in [5.41, 5.74) is 1.12. The molecule has 2 aliphatic rings. The first-order chi connectivity index (χ1) is 13.3. The first-order valence-corrected chi connectivity index (χ1v) is 11.5. The molecule has 4 rings (SSSR count). The summed E-state index contributed by atoms with van der Waals surface area (Å²) in [6.07, 6.45) is 3.55. The van der Waals surface area contributed by atoms with Gasteiger partial charge in [0.1, 0.15) is 15.7 Å². The van der Waals surface area contributed by atoms with Crippen LogP contribution in [0.25, 0.3) is 0 Å². The normalized spacial score (nSPS) is 17.9. The fraction of sp³-hybridized carbons (Fsp3) is 0.444. The maximum Gasteiger partial charge on any atom is 0.319 e. The fourth-order valence-electron chi connectivity index (χ4n) is 2.91. The second-order valence-electron chi connectivity index (χ2n) is 7.28. The molecule has 1 aromatic heterocycles. The van der Waals surface area contributed by atoms with E-state index in [0.717, 1.165) is 48.5 Å². The van der Waals surface area contributed by atoms with E-state index in [1.807, 2.05) is 12.3 Å². The zero-order valence-electron chi connectivity index (χ0n) is 15.2. The van der Waals surface area contributed by atoms with E-state index < -0.39 is 26.8 Å². The third-order valence-electron chi connectivity index (χ3n) is 4.66. The van der Waals surface area contributed by atoms with Gasteiger partial charge in [0.2, 0.25) is 10.0 Å². The van der Waals surface area contributed by atoms with Crippen LogP contribution < -0.4 is 15.4 Å². The van der Waals surface area contributed by atoms with Crippen LogP contribution in [0.4, 0.5) is 14.9 Å². The van der Waals surface area contributed by atoms with Crippen LogP contribution in [0.15, 0.2) is 28.5 Å². The summed E-state index contributed by atoms with van der Waals surface area (Å²) in [6, 6.07) is 2.73. The molecular formula is C18H21FN4O3S2. The zero-order chi connectivity index (χ0) is 19.9. The summed E-state index contributed by atoms with van der Waals surface area (Å²) in [4.78, 5) is 16.5. The number of aromatic nitrogens is 1. The number of anilines is 1. The quantitative estimate of drug-likeness (QED) is 0.635. The van der Waals surface area contributed by atoms with Gasteiger partial charge in [0.05, 0.1) is 6.04 Å². The molecule has 1 atom stereocenters. The Labute approximate surface area is 166 Å². The molecule has 150 valence electrons. The molecule has 0 spiro atoms. The number of hydrogen-bond donors (Lipinski definition) is 3. The average Bonchev–Trinajstić information content (AvgIpc) is 3.55. The van der Waals surface area contributed by atoms with Crippen molar-refractivity contribution >= 4 is 33.1 Å². The number of urea groups is 1. The highest BCUT2D eigenvalue weighted by atomic mass is 32.2. The van der Waals surface area contributed by atoms with E-state index >= 15 is 0 Å². The molecule has 28 heavy (non-hydrogen) atoms. The molecule has 0 aliphatic heterocycles. The van der Waals surface area contributed by atoms with Gasteiger partial charge in [-0.05, 0) is 56.7 Å². The SMILES string of the molecule is Cc1csc([C@H](NC(=O)Nc2ccc(F)c(S(=O)(=O)NC3CC3)c2)C2CC2)n1. The number of carbonyl (C=O) groups excluding carboxylic acids is 1. The Morgan fingerprint density at radius 1 is 1.29 bits per heavy atom. The van der Waals surface area contributed by atoms with Crippen LogP contribution in [0.3, 0.4) is 0 Å². The predicted molar refractivity (Wildman–Crippen MR) is 104 cm³/mol. The first kappa shape index (κ1) is 19.3. The Kier molecular flexibility index (Phi) is 5.11. The molecule has 0 radical (unpaired) electrons. The first-order valence-electron chi connectivity index (χ1n) is 9.13. The molecule has 2 aromatic rings. The topological polar surface area (TPSA) is 100 Å². The number of rotatable bonds is 7. The van der Waals surface area contributed by atoms with Crippen LogP contribution in [0.1, 0.15) is 42.4 Å². The number of aryl methyl sites for hydroxylation is 1. The summed E-state index contributed by atoms with van der Waals surface area (Å²) in [7, 11) is -3.96. The van der Waals surface area contributed by atoms with Crippen LogP contribution in [-0.2, 0) is 10.0 Å². The summed E-state index contributed by atoms with van der Waals surface area (Å²) in [6.45, 7) is 1.90. The van der Waals surface area contributed by atoms with E-state index in [1.54, 1.807) is 0 Å². The average molecular weight is 425 g/mol.